The summed E-state index contributed by atoms with van der Waals surface area (Å²) >= 11 is 0.646. The van der Waals surface area contributed by atoms with E-state index >= 15 is 0 Å². The summed E-state index contributed by atoms with van der Waals surface area (Å²) in [4.78, 5) is 22.4. The van der Waals surface area contributed by atoms with E-state index in [0.29, 0.717) is 15.6 Å². The molecule has 0 aliphatic carbocycles. The number of carboxylic acids is 1. The molecule has 2 atom stereocenters. The number of rotatable bonds is 4. The van der Waals surface area contributed by atoms with Crippen LogP contribution in [0.3, 0.4) is 0 Å². The van der Waals surface area contributed by atoms with Crippen molar-refractivity contribution in [3.8, 4) is 0 Å². The molecule has 0 amide bonds. The minimum absolute atomic E-state index is 0.0533. The quantitative estimate of drug-likeness (QED) is 0.784. The molecule has 7 nitrogen and oxygen atoms in total. The summed E-state index contributed by atoms with van der Waals surface area (Å²) in [5.74, 6) is -6.66. The number of carboxylic acid groups (broad SMARTS) is 1. The van der Waals surface area contributed by atoms with E-state index in [1.807, 2.05) is 0 Å². The van der Waals surface area contributed by atoms with E-state index in [0.717, 1.165) is 13.2 Å². The molecule has 1 saturated heterocycles. The first-order chi connectivity index (χ1) is 11.0. The van der Waals surface area contributed by atoms with Crippen LogP contribution in [0, 0.1) is 11.8 Å². The summed E-state index contributed by atoms with van der Waals surface area (Å²) in [5, 5.41) is 10.1. The average Bonchev–Trinajstić information content (AvgIpc) is 3.13. The zero-order valence-electron chi connectivity index (χ0n) is 12.1. The summed E-state index contributed by atoms with van der Waals surface area (Å²) in [7, 11) is -3.24. The number of carbonyl (C=O) groups excluding carboxylic acids is 1. The Morgan fingerprint density at radius 2 is 2.00 bits per heavy atom. The maximum absolute atomic E-state index is 12.9. The lowest BCUT2D eigenvalue weighted by molar-refractivity contribution is -0.187. The monoisotopic (exact) mass is 387 g/mol. The van der Waals surface area contributed by atoms with E-state index in [1.165, 1.54) is 5.38 Å². The van der Waals surface area contributed by atoms with E-state index in [2.05, 4.69) is 4.74 Å². The number of esters is 1. The van der Waals surface area contributed by atoms with Crippen LogP contribution in [-0.4, -0.2) is 56.1 Å². The van der Waals surface area contributed by atoms with Gasteiger partial charge in [0.15, 0.2) is 0 Å². The second kappa shape index (κ2) is 6.33. The van der Waals surface area contributed by atoms with Gasteiger partial charge in [-0.15, -0.1) is 11.3 Å². The molecule has 1 aromatic rings. The van der Waals surface area contributed by atoms with Gasteiger partial charge in [-0.1, -0.05) is 0 Å². The number of ether oxygens (including phenoxy) is 1. The van der Waals surface area contributed by atoms with Gasteiger partial charge in [0.2, 0.25) is 0 Å². The number of hydrogen-bond donors (Lipinski definition) is 1. The molecule has 1 fully saturated rings. The largest absolute Gasteiger partial charge is 0.481 e. The highest BCUT2D eigenvalue weighted by Gasteiger charge is 2.55. The molecule has 134 valence electrons. The molecule has 0 bridgehead atoms. The normalized spacial score (nSPS) is 22.5. The van der Waals surface area contributed by atoms with Crippen molar-refractivity contribution in [2.45, 2.75) is 10.4 Å². The number of hydrogen-bond acceptors (Lipinski definition) is 6. The van der Waals surface area contributed by atoms with Crippen molar-refractivity contribution >= 4 is 33.3 Å². The lowest BCUT2D eigenvalue weighted by Crippen LogP contribution is -2.34. The second-order valence-electron chi connectivity index (χ2n) is 5.06. The fourth-order valence-electron chi connectivity index (χ4n) is 2.35. The molecule has 0 unspecified atom stereocenters. The summed E-state index contributed by atoms with van der Waals surface area (Å²) < 4.78 is 68.3. The molecule has 1 aliphatic heterocycles. The number of methoxy groups -OCH3 is 1. The van der Waals surface area contributed by atoms with Gasteiger partial charge in [-0.3, -0.25) is 4.79 Å². The second-order valence-corrected chi connectivity index (χ2v) is 8.14. The van der Waals surface area contributed by atoms with Crippen LogP contribution < -0.4 is 0 Å². The molecule has 2 heterocycles. The van der Waals surface area contributed by atoms with Crippen LogP contribution in [-0.2, 0) is 19.6 Å². The fourth-order valence-corrected chi connectivity index (χ4v) is 5.14. The van der Waals surface area contributed by atoms with E-state index in [1.54, 1.807) is 0 Å². The van der Waals surface area contributed by atoms with Crippen molar-refractivity contribution in [2.24, 2.45) is 11.8 Å². The standard InChI is InChI=1S/C12H12F3NO6S2/c1-22-11(19)6-2-9(23-5-6)24(20,21)16-3-7(10(17)18)8(4-16)12(13,14)15/h2,5,7-8H,3-4H2,1H3,(H,17,18)/t7-,8-/m1/s1. The topological polar surface area (TPSA) is 101 Å². The van der Waals surface area contributed by atoms with Gasteiger partial charge >= 0.3 is 18.1 Å². The molecule has 0 radical (unpaired) electrons. The Balaban J connectivity index is 2.32. The van der Waals surface area contributed by atoms with Crippen LogP contribution >= 0.6 is 11.3 Å². The molecule has 24 heavy (non-hydrogen) atoms. The van der Waals surface area contributed by atoms with E-state index in [9.17, 15) is 31.2 Å². The van der Waals surface area contributed by atoms with Crippen molar-refractivity contribution < 1.29 is 41.0 Å². The Labute approximate surface area is 138 Å². The van der Waals surface area contributed by atoms with Crippen molar-refractivity contribution in [1.82, 2.24) is 4.31 Å². The highest BCUT2D eigenvalue weighted by molar-refractivity contribution is 7.91. The highest BCUT2D eigenvalue weighted by Crippen LogP contribution is 2.40. The number of halogens is 3. The van der Waals surface area contributed by atoms with Crippen molar-refractivity contribution in [3.63, 3.8) is 0 Å². The number of sulfonamides is 1. The van der Waals surface area contributed by atoms with Gasteiger partial charge in [0.1, 0.15) is 4.21 Å². The van der Waals surface area contributed by atoms with Gasteiger partial charge in [-0.05, 0) is 6.07 Å². The Morgan fingerprint density at radius 1 is 1.38 bits per heavy atom. The smallest absolute Gasteiger partial charge is 0.393 e. The number of aliphatic carboxylic acids is 1. The molecular formula is C12H12F3NO6S2. The number of nitrogens with zero attached hydrogens (tertiary/aromatic N) is 1. The Bertz CT molecular complexity index is 757. The van der Waals surface area contributed by atoms with E-state index < -0.39 is 53.1 Å². The van der Waals surface area contributed by atoms with Gasteiger partial charge in [-0.2, -0.15) is 17.5 Å². The minimum atomic E-state index is -4.83. The molecule has 1 aromatic heterocycles. The van der Waals surface area contributed by atoms with E-state index in [-0.39, 0.29) is 9.77 Å². The molecular weight excluding hydrogens is 375 g/mol. The molecule has 0 aromatic carbocycles. The Hall–Kier alpha value is -1.66. The SMILES string of the molecule is COC(=O)c1csc(S(=O)(=O)N2C[C@@H](C(F)(F)F)[C@H](C(=O)O)C2)c1. The average molecular weight is 387 g/mol. The number of alkyl halides is 3. The van der Waals surface area contributed by atoms with Crippen LogP contribution in [0.5, 0.6) is 0 Å². The van der Waals surface area contributed by atoms with Gasteiger partial charge in [0.25, 0.3) is 10.0 Å². The predicted octanol–water partition coefficient (Wildman–Crippen LogP) is 1.42. The van der Waals surface area contributed by atoms with Crippen LogP contribution in [0.4, 0.5) is 13.2 Å². The Morgan fingerprint density at radius 3 is 2.46 bits per heavy atom. The predicted molar refractivity (Wildman–Crippen MR) is 75.1 cm³/mol. The van der Waals surface area contributed by atoms with E-state index in [4.69, 9.17) is 5.11 Å². The maximum atomic E-state index is 12.9. The first-order valence-corrected chi connectivity index (χ1v) is 8.77. The zero-order valence-corrected chi connectivity index (χ0v) is 13.7. The minimum Gasteiger partial charge on any atom is -0.481 e. The summed E-state index contributed by atoms with van der Waals surface area (Å²) in [6.45, 7) is -1.76. The van der Waals surface area contributed by atoms with Crippen LogP contribution in [0.25, 0.3) is 0 Å². The summed E-state index contributed by atoms with van der Waals surface area (Å²) in [5.41, 5.74) is -0.0533. The van der Waals surface area contributed by atoms with Crippen LogP contribution in [0.2, 0.25) is 0 Å². The maximum Gasteiger partial charge on any atom is 0.393 e. The van der Waals surface area contributed by atoms with Crippen molar-refractivity contribution in [2.75, 3.05) is 20.2 Å². The van der Waals surface area contributed by atoms with Crippen molar-refractivity contribution in [3.05, 3.63) is 17.0 Å². The summed E-state index contributed by atoms with van der Waals surface area (Å²) in [6.07, 6.45) is -4.83. The molecule has 1 aliphatic rings. The van der Waals surface area contributed by atoms with Crippen LogP contribution in [0.1, 0.15) is 10.4 Å². The molecule has 12 heteroatoms. The highest BCUT2D eigenvalue weighted by atomic mass is 32.2. The van der Waals surface area contributed by atoms with Crippen molar-refractivity contribution in [1.29, 1.82) is 0 Å². The Kier molecular flexibility index (Phi) is 4.93. The third-order valence-corrected chi connectivity index (χ3v) is 6.86. The first kappa shape index (κ1) is 18.7. The van der Waals surface area contributed by atoms with Crippen LogP contribution in [0.15, 0.2) is 15.7 Å². The van der Waals surface area contributed by atoms with Gasteiger partial charge < -0.3 is 9.84 Å². The summed E-state index contributed by atoms with van der Waals surface area (Å²) in [6, 6.07) is 0.989. The third-order valence-electron chi connectivity index (χ3n) is 3.61. The fraction of sp³-hybridized carbons (Fsp3) is 0.500. The zero-order chi connectivity index (χ0) is 18.3. The molecule has 1 N–H and O–H groups in total. The van der Waals surface area contributed by atoms with Gasteiger partial charge in [-0.25, -0.2) is 13.2 Å². The number of thiophene rings is 1. The molecule has 2 rings (SSSR count). The molecule has 0 saturated carbocycles. The lowest BCUT2D eigenvalue weighted by atomic mass is 9.96. The third kappa shape index (κ3) is 3.39. The van der Waals surface area contributed by atoms with Gasteiger partial charge in [0.05, 0.1) is 24.5 Å². The first-order valence-electron chi connectivity index (χ1n) is 6.45. The number of carbonyl (C=O) groups is 2. The molecule has 0 spiro atoms. The van der Waals surface area contributed by atoms with Gasteiger partial charge in [0, 0.05) is 18.5 Å². The lowest BCUT2D eigenvalue weighted by Gasteiger charge is -2.18.